The van der Waals surface area contributed by atoms with Gasteiger partial charge in [-0.3, -0.25) is 4.98 Å². The molecule has 0 fully saturated rings. The second-order valence-electron chi connectivity index (χ2n) is 7.97. The SMILES string of the molecule is CC1C(c2cncc3ccccc23)=CC=C2NC(c3ccnc(N(C)C)c3)=CC21. The summed E-state index contributed by atoms with van der Waals surface area (Å²) >= 11 is 0. The third kappa shape index (κ3) is 3.01. The zero-order valence-corrected chi connectivity index (χ0v) is 16.9. The van der Waals surface area contributed by atoms with Gasteiger partial charge in [-0.25, -0.2) is 4.98 Å². The summed E-state index contributed by atoms with van der Waals surface area (Å²) in [5, 5.41) is 6.07. The van der Waals surface area contributed by atoms with Crippen molar-refractivity contribution in [1.29, 1.82) is 0 Å². The summed E-state index contributed by atoms with van der Waals surface area (Å²) in [6.07, 6.45) is 12.6. The molecule has 4 nitrogen and oxygen atoms in total. The molecular weight excluding hydrogens is 356 g/mol. The van der Waals surface area contributed by atoms with Gasteiger partial charge in [-0.15, -0.1) is 0 Å². The second kappa shape index (κ2) is 6.89. The van der Waals surface area contributed by atoms with E-state index in [2.05, 4.69) is 76.8 Å². The first kappa shape index (κ1) is 17.7. The van der Waals surface area contributed by atoms with Gasteiger partial charge in [0.1, 0.15) is 5.82 Å². The van der Waals surface area contributed by atoms with Crippen molar-refractivity contribution in [2.24, 2.45) is 11.8 Å². The zero-order chi connectivity index (χ0) is 20.0. The number of aromatic nitrogens is 2. The Labute approximate surface area is 171 Å². The summed E-state index contributed by atoms with van der Waals surface area (Å²) in [4.78, 5) is 11.0. The van der Waals surface area contributed by atoms with Crippen LogP contribution in [0.5, 0.6) is 0 Å². The Balaban J connectivity index is 1.51. The van der Waals surface area contributed by atoms with E-state index in [9.17, 15) is 0 Å². The van der Waals surface area contributed by atoms with Crippen LogP contribution in [0.2, 0.25) is 0 Å². The summed E-state index contributed by atoms with van der Waals surface area (Å²) in [6.45, 7) is 2.31. The van der Waals surface area contributed by atoms with Gasteiger partial charge in [-0.05, 0) is 35.1 Å². The van der Waals surface area contributed by atoms with Crippen LogP contribution < -0.4 is 10.2 Å². The third-order valence-corrected chi connectivity index (χ3v) is 5.95. The highest BCUT2D eigenvalue weighted by Gasteiger charge is 2.32. The minimum Gasteiger partial charge on any atom is -0.363 e. The van der Waals surface area contributed by atoms with Crippen LogP contribution in [-0.4, -0.2) is 24.1 Å². The summed E-state index contributed by atoms with van der Waals surface area (Å²) in [5.74, 6) is 1.66. The van der Waals surface area contributed by atoms with E-state index in [4.69, 9.17) is 0 Å². The number of nitrogens with zero attached hydrogens (tertiary/aromatic N) is 3. The van der Waals surface area contributed by atoms with E-state index >= 15 is 0 Å². The highest BCUT2D eigenvalue weighted by atomic mass is 15.1. The summed E-state index contributed by atoms with van der Waals surface area (Å²) in [7, 11) is 4.03. The summed E-state index contributed by atoms with van der Waals surface area (Å²) in [6, 6.07) is 12.7. The maximum atomic E-state index is 4.49. The lowest BCUT2D eigenvalue weighted by Crippen LogP contribution is -2.19. The van der Waals surface area contributed by atoms with Crippen molar-refractivity contribution in [2.75, 3.05) is 19.0 Å². The minimum atomic E-state index is 0.333. The van der Waals surface area contributed by atoms with Gasteiger partial charge in [-0.1, -0.05) is 43.3 Å². The highest BCUT2D eigenvalue weighted by molar-refractivity contribution is 5.94. The number of benzene rings is 1. The van der Waals surface area contributed by atoms with Crippen molar-refractivity contribution in [3.05, 3.63) is 90.0 Å². The van der Waals surface area contributed by atoms with Gasteiger partial charge in [0.05, 0.1) is 0 Å². The van der Waals surface area contributed by atoms with Gasteiger partial charge in [-0.2, -0.15) is 0 Å². The van der Waals surface area contributed by atoms with Crippen molar-refractivity contribution in [1.82, 2.24) is 15.3 Å². The van der Waals surface area contributed by atoms with Crippen LogP contribution in [0.1, 0.15) is 18.1 Å². The number of pyridine rings is 2. The van der Waals surface area contributed by atoms with E-state index in [1.54, 1.807) is 0 Å². The van der Waals surface area contributed by atoms with Gasteiger partial charge in [0.25, 0.3) is 0 Å². The zero-order valence-electron chi connectivity index (χ0n) is 16.9. The third-order valence-electron chi connectivity index (χ3n) is 5.95. The molecule has 0 saturated heterocycles. The Morgan fingerprint density at radius 1 is 1.03 bits per heavy atom. The molecule has 2 aromatic heterocycles. The fourth-order valence-electron chi connectivity index (χ4n) is 4.32. The maximum Gasteiger partial charge on any atom is 0.128 e. The van der Waals surface area contributed by atoms with Crippen LogP contribution in [0.3, 0.4) is 0 Å². The van der Waals surface area contributed by atoms with Crippen molar-refractivity contribution in [2.45, 2.75) is 6.92 Å². The molecule has 0 spiro atoms. The largest absolute Gasteiger partial charge is 0.363 e. The molecule has 2 aliphatic rings. The number of anilines is 1. The first-order chi connectivity index (χ1) is 14.1. The molecule has 3 heterocycles. The van der Waals surface area contributed by atoms with Gasteiger partial charge in [0, 0.05) is 66.5 Å². The fourth-order valence-corrected chi connectivity index (χ4v) is 4.32. The summed E-state index contributed by atoms with van der Waals surface area (Å²) in [5.41, 5.74) is 6.15. The molecule has 1 aromatic carbocycles. The molecule has 0 saturated carbocycles. The summed E-state index contributed by atoms with van der Waals surface area (Å²) < 4.78 is 0. The molecule has 2 unspecified atom stereocenters. The molecule has 2 atom stereocenters. The van der Waals surface area contributed by atoms with Crippen LogP contribution in [-0.2, 0) is 0 Å². The Morgan fingerprint density at radius 3 is 2.76 bits per heavy atom. The number of allylic oxidation sites excluding steroid dienone is 4. The molecule has 144 valence electrons. The number of hydrogen-bond acceptors (Lipinski definition) is 4. The van der Waals surface area contributed by atoms with Crippen LogP contribution in [0.25, 0.3) is 22.0 Å². The molecule has 1 aliphatic heterocycles. The first-order valence-electron chi connectivity index (χ1n) is 9.99. The lowest BCUT2D eigenvalue weighted by Gasteiger charge is -2.26. The lowest BCUT2D eigenvalue weighted by molar-refractivity contribution is 0.591. The predicted octanol–water partition coefficient (Wildman–Crippen LogP) is 4.87. The van der Waals surface area contributed by atoms with Crippen LogP contribution in [0, 0.1) is 11.8 Å². The van der Waals surface area contributed by atoms with Gasteiger partial charge < -0.3 is 10.2 Å². The van der Waals surface area contributed by atoms with Crippen LogP contribution in [0.4, 0.5) is 5.82 Å². The van der Waals surface area contributed by atoms with Crippen molar-refractivity contribution in [3.63, 3.8) is 0 Å². The Morgan fingerprint density at radius 2 is 1.90 bits per heavy atom. The average molecular weight is 380 g/mol. The lowest BCUT2D eigenvalue weighted by atomic mass is 9.79. The minimum absolute atomic E-state index is 0.333. The molecule has 1 N–H and O–H groups in total. The van der Waals surface area contributed by atoms with E-state index in [0.717, 1.165) is 11.5 Å². The predicted molar refractivity (Wildman–Crippen MR) is 120 cm³/mol. The number of hydrogen-bond donors (Lipinski definition) is 1. The number of fused-ring (bicyclic) bond motifs is 2. The molecule has 0 bridgehead atoms. The van der Waals surface area contributed by atoms with E-state index < -0.39 is 0 Å². The molecule has 0 amide bonds. The van der Waals surface area contributed by atoms with Gasteiger partial charge >= 0.3 is 0 Å². The first-order valence-corrected chi connectivity index (χ1v) is 9.99. The maximum absolute atomic E-state index is 4.49. The molecule has 3 aromatic rings. The van der Waals surface area contributed by atoms with E-state index in [1.807, 2.05) is 37.6 Å². The second-order valence-corrected chi connectivity index (χ2v) is 7.97. The van der Waals surface area contributed by atoms with Crippen molar-refractivity contribution < 1.29 is 0 Å². The van der Waals surface area contributed by atoms with E-state index in [-0.39, 0.29) is 0 Å². The van der Waals surface area contributed by atoms with Crippen molar-refractivity contribution >= 4 is 27.9 Å². The van der Waals surface area contributed by atoms with Crippen LogP contribution in [0.15, 0.2) is 78.9 Å². The molecule has 0 radical (unpaired) electrons. The van der Waals surface area contributed by atoms with Crippen LogP contribution >= 0.6 is 0 Å². The Kier molecular flexibility index (Phi) is 4.20. The van der Waals surface area contributed by atoms with E-state index in [0.29, 0.717) is 11.8 Å². The molecular formula is C25H24N4. The normalized spacial score (nSPS) is 20.4. The quantitative estimate of drug-likeness (QED) is 0.704. The molecule has 29 heavy (non-hydrogen) atoms. The smallest absolute Gasteiger partial charge is 0.128 e. The van der Waals surface area contributed by atoms with Gasteiger partial charge in [0.2, 0.25) is 0 Å². The highest BCUT2D eigenvalue weighted by Crippen LogP contribution is 2.42. The fraction of sp³-hybridized carbons (Fsp3) is 0.200. The van der Waals surface area contributed by atoms with Gasteiger partial charge in [0.15, 0.2) is 0 Å². The number of rotatable bonds is 3. The molecule has 4 heteroatoms. The topological polar surface area (TPSA) is 41.1 Å². The monoisotopic (exact) mass is 380 g/mol. The number of nitrogens with one attached hydrogen (secondary N) is 1. The standard InChI is InChI=1S/C25H24N4/c1-16-19(22-15-26-14-18-6-4-5-7-20(18)22)8-9-23-21(16)13-24(28-23)17-10-11-27-25(12-17)29(2)3/h4-16,21,28H,1-3H3. The van der Waals surface area contributed by atoms with Crippen molar-refractivity contribution in [3.8, 4) is 0 Å². The Hall–Kier alpha value is -3.40. The average Bonchev–Trinajstić information content (AvgIpc) is 3.19. The molecule has 1 aliphatic carbocycles. The Bertz CT molecular complexity index is 1180. The molecule has 5 rings (SSSR count). The van der Waals surface area contributed by atoms with E-state index in [1.165, 1.54) is 33.2 Å².